The molecule has 2 aromatic rings. The molecule has 0 atom stereocenters. The fourth-order valence-corrected chi connectivity index (χ4v) is 2.06. The first-order valence-corrected chi connectivity index (χ1v) is 6.94. The van der Waals surface area contributed by atoms with Gasteiger partial charge in [0, 0.05) is 38.4 Å². The molecule has 0 saturated heterocycles. The van der Waals surface area contributed by atoms with Crippen LogP contribution in [0.5, 0.6) is 0 Å². The molecule has 2 aromatic carbocycles. The van der Waals surface area contributed by atoms with Gasteiger partial charge in [0.25, 0.3) is 0 Å². The highest BCUT2D eigenvalue weighted by Crippen LogP contribution is 2.16. The number of amides is 1. The van der Waals surface area contributed by atoms with Crippen LogP contribution in [0.2, 0.25) is 0 Å². The summed E-state index contributed by atoms with van der Waals surface area (Å²) in [5, 5.41) is 3.36. The highest BCUT2D eigenvalue weighted by molar-refractivity contribution is 5.72. The molecule has 1 amide bonds. The third kappa shape index (κ3) is 4.24. The van der Waals surface area contributed by atoms with Gasteiger partial charge < -0.3 is 16.0 Å². The van der Waals surface area contributed by atoms with Crippen molar-refractivity contribution in [1.82, 2.24) is 4.90 Å². The van der Waals surface area contributed by atoms with E-state index >= 15 is 0 Å². The third-order valence-corrected chi connectivity index (χ3v) is 3.42. The van der Waals surface area contributed by atoms with Gasteiger partial charge >= 0.3 is 0 Å². The summed E-state index contributed by atoms with van der Waals surface area (Å²) in [4.78, 5) is 13.0. The van der Waals surface area contributed by atoms with Crippen LogP contribution >= 0.6 is 0 Å². The standard InChI is InChI=1S/C17H21N3O/c1-13(21)20(2)12-14-6-5-8-16(10-14)19-11-15-7-3-4-9-17(15)18/h3-10,19H,11-12,18H2,1-2H3. The van der Waals surface area contributed by atoms with Crippen LogP contribution in [-0.2, 0) is 17.9 Å². The van der Waals surface area contributed by atoms with Crippen molar-refractivity contribution in [2.75, 3.05) is 18.1 Å². The summed E-state index contributed by atoms with van der Waals surface area (Å²) in [5.41, 5.74) is 9.91. The van der Waals surface area contributed by atoms with Crippen LogP contribution in [0.15, 0.2) is 48.5 Å². The normalized spacial score (nSPS) is 10.2. The second kappa shape index (κ2) is 6.79. The minimum atomic E-state index is 0.0606. The Hall–Kier alpha value is -2.49. The van der Waals surface area contributed by atoms with Crippen LogP contribution in [0, 0.1) is 0 Å². The molecule has 0 heterocycles. The minimum Gasteiger partial charge on any atom is -0.398 e. The highest BCUT2D eigenvalue weighted by atomic mass is 16.2. The van der Waals surface area contributed by atoms with Gasteiger partial charge in [-0.15, -0.1) is 0 Å². The number of carbonyl (C=O) groups is 1. The molecule has 0 bridgehead atoms. The molecule has 110 valence electrons. The molecule has 0 radical (unpaired) electrons. The van der Waals surface area contributed by atoms with E-state index in [1.807, 2.05) is 42.5 Å². The number of carbonyl (C=O) groups excluding carboxylic acids is 1. The maximum Gasteiger partial charge on any atom is 0.219 e. The van der Waals surface area contributed by atoms with Crippen molar-refractivity contribution < 1.29 is 4.79 Å². The molecule has 0 spiro atoms. The Balaban J connectivity index is 2.01. The molecule has 4 nitrogen and oxygen atoms in total. The van der Waals surface area contributed by atoms with Crippen LogP contribution in [0.4, 0.5) is 11.4 Å². The zero-order chi connectivity index (χ0) is 15.2. The number of para-hydroxylation sites is 1. The second-order valence-corrected chi connectivity index (χ2v) is 5.13. The lowest BCUT2D eigenvalue weighted by atomic mass is 10.1. The smallest absolute Gasteiger partial charge is 0.219 e. The summed E-state index contributed by atoms with van der Waals surface area (Å²) in [7, 11) is 1.80. The molecule has 0 fully saturated rings. The Morgan fingerprint density at radius 1 is 1.19 bits per heavy atom. The molecule has 0 unspecified atom stereocenters. The molecule has 3 N–H and O–H groups in total. The van der Waals surface area contributed by atoms with E-state index in [9.17, 15) is 4.79 Å². The van der Waals surface area contributed by atoms with Gasteiger partial charge in [-0.3, -0.25) is 4.79 Å². The SMILES string of the molecule is CC(=O)N(C)Cc1cccc(NCc2ccccc2N)c1. The number of nitrogens with two attached hydrogens (primary N) is 1. The number of anilines is 2. The lowest BCUT2D eigenvalue weighted by Crippen LogP contribution is -2.23. The fraction of sp³-hybridized carbons (Fsp3) is 0.235. The summed E-state index contributed by atoms with van der Waals surface area (Å²) in [6.45, 7) is 2.86. The third-order valence-electron chi connectivity index (χ3n) is 3.42. The molecule has 4 heteroatoms. The van der Waals surface area contributed by atoms with Crippen LogP contribution in [0.1, 0.15) is 18.1 Å². The summed E-state index contributed by atoms with van der Waals surface area (Å²) >= 11 is 0. The molecular weight excluding hydrogens is 262 g/mol. The average Bonchev–Trinajstić information content (AvgIpc) is 2.46. The molecule has 2 rings (SSSR count). The number of hydrogen-bond donors (Lipinski definition) is 2. The van der Waals surface area contributed by atoms with Gasteiger partial charge in [-0.25, -0.2) is 0 Å². The molecule has 0 saturated carbocycles. The summed E-state index contributed by atoms with van der Waals surface area (Å²) in [6, 6.07) is 15.9. The topological polar surface area (TPSA) is 58.4 Å². The fourth-order valence-electron chi connectivity index (χ4n) is 2.06. The second-order valence-electron chi connectivity index (χ2n) is 5.13. The number of nitrogen functional groups attached to an aromatic ring is 1. The van der Waals surface area contributed by atoms with Gasteiger partial charge in [0.05, 0.1) is 0 Å². The molecule has 0 aliphatic heterocycles. The van der Waals surface area contributed by atoms with E-state index in [2.05, 4.69) is 11.4 Å². The van der Waals surface area contributed by atoms with E-state index in [1.54, 1.807) is 18.9 Å². The van der Waals surface area contributed by atoms with Crippen LogP contribution in [-0.4, -0.2) is 17.9 Å². The Morgan fingerprint density at radius 2 is 1.95 bits per heavy atom. The molecule has 0 aromatic heterocycles. The largest absolute Gasteiger partial charge is 0.398 e. The van der Waals surface area contributed by atoms with Crippen molar-refractivity contribution in [2.24, 2.45) is 0 Å². The summed E-state index contributed by atoms with van der Waals surface area (Å²) in [5.74, 6) is 0.0606. The van der Waals surface area contributed by atoms with Gasteiger partial charge in [-0.05, 0) is 29.3 Å². The minimum absolute atomic E-state index is 0.0606. The Labute approximate surface area is 125 Å². The van der Waals surface area contributed by atoms with Gasteiger partial charge in [0.2, 0.25) is 5.91 Å². The number of benzene rings is 2. The number of rotatable bonds is 5. The van der Waals surface area contributed by atoms with Crippen molar-refractivity contribution in [3.63, 3.8) is 0 Å². The Kier molecular flexibility index (Phi) is 4.82. The van der Waals surface area contributed by atoms with E-state index in [-0.39, 0.29) is 5.91 Å². The highest BCUT2D eigenvalue weighted by Gasteiger charge is 2.04. The average molecular weight is 283 g/mol. The molecular formula is C17H21N3O. The maximum atomic E-state index is 11.3. The molecule has 0 aliphatic carbocycles. The number of nitrogens with one attached hydrogen (secondary N) is 1. The zero-order valence-electron chi connectivity index (χ0n) is 12.5. The van der Waals surface area contributed by atoms with E-state index in [1.165, 1.54) is 0 Å². The van der Waals surface area contributed by atoms with Crippen molar-refractivity contribution in [2.45, 2.75) is 20.0 Å². The van der Waals surface area contributed by atoms with Crippen molar-refractivity contribution in [1.29, 1.82) is 0 Å². The monoisotopic (exact) mass is 283 g/mol. The zero-order valence-corrected chi connectivity index (χ0v) is 12.5. The van der Waals surface area contributed by atoms with E-state index in [0.717, 1.165) is 22.5 Å². The van der Waals surface area contributed by atoms with Crippen LogP contribution < -0.4 is 11.1 Å². The quantitative estimate of drug-likeness (QED) is 0.830. The van der Waals surface area contributed by atoms with E-state index in [0.29, 0.717) is 13.1 Å². The Morgan fingerprint density at radius 3 is 2.67 bits per heavy atom. The molecule has 0 aliphatic rings. The number of nitrogens with zero attached hydrogens (tertiary/aromatic N) is 1. The Bertz CT molecular complexity index is 625. The first-order chi connectivity index (χ1) is 10.1. The van der Waals surface area contributed by atoms with Gasteiger partial charge in [-0.1, -0.05) is 30.3 Å². The van der Waals surface area contributed by atoms with Gasteiger partial charge in [-0.2, -0.15) is 0 Å². The number of hydrogen-bond acceptors (Lipinski definition) is 3. The lowest BCUT2D eigenvalue weighted by Gasteiger charge is -2.16. The molecule has 21 heavy (non-hydrogen) atoms. The van der Waals surface area contributed by atoms with Gasteiger partial charge in [0.15, 0.2) is 0 Å². The van der Waals surface area contributed by atoms with Gasteiger partial charge in [0.1, 0.15) is 0 Å². The van der Waals surface area contributed by atoms with Crippen LogP contribution in [0.3, 0.4) is 0 Å². The lowest BCUT2D eigenvalue weighted by molar-refractivity contribution is -0.128. The van der Waals surface area contributed by atoms with Crippen molar-refractivity contribution in [3.8, 4) is 0 Å². The summed E-state index contributed by atoms with van der Waals surface area (Å²) < 4.78 is 0. The first-order valence-electron chi connectivity index (χ1n) is 6.94. The van der Waals surface area contributed by atoms with Crippen molar-refractivity contribution >= 4 is 17.3 Å². The van der Waals surface area contributed by atoms with Crippen molar-refractivity contribution in [3.05, 3.63) is 59.7 Å². The maximum absolute atomic E-state index is 11.3. The van der Waals surface area contributed by atoms with Crippen LogP contribution in [0.25, 0.3) is 0 Å². The predicted molar refractivity (Wildman–Crippen MR) is 86.8 cm³/mol. The van der Waals surface area contributed by atoms with E-state index < -0.39 is 0 Å². The summed E-state index contributed by atoms with van der Waals surface area (Å²) in [6.07, 6.45) is 0. The first kappa shape index (κ1) is 14.9. The predicted octanol–water partition coefficient (Wildman–Crippen LogP) is 2.86. The van der Waals surface area contributed by atoms with E-state index in [4.69, 9.17) is 5.73 Å².